The normalized spacial score (nSPS) is 11.9. The van der Waals surface area contributed by atoms with Gasteiger partial charge in [-0.15, -0.1) is 0 Å². The largest absolute Gasteiger partial charge is 0.495 e. The molecule has 2 N–H and O–H groups in total. The molecule has 5 nitrogen and oxygen atoms in total. The van der Waals surface area contributed by atoms with Crippen molar-refractivity contribution in [2.45, 2.75) is 12.5 Å². The lowest BCUT2D eigenvalue weighted by atomic mass is 10.1. The first-order chi connectivity index (χ1) is 12.9. The van der Waals surface area contributed by atoms with Gasteiger partial charge in [-0.25, -0.2) is 4.39 Å². The summed E-state index contributed by atoms with van der Waals surface area (Å²) in [6.07, 6.45) is 0.291. The highest BCUT2D eigenvalue weighted by atomic mass is 35.5. The van der Waals surface area contributed by atoms with Crippen molar-refractivity contribution in [3.05, 3.63) is 58.9 Å². The first kappa shape index (κ1) is 21.0. The summed E-state index contributed by atoms with van der Waals surface area (Å²) in [6.45, 7) is 0.838. The molecule has 146 valence electrons. The van der Waals surface area contributed by atoms with Crippen molar-refractivity contribution in [1.82, 2.24) is 10.2 Å². The summed E-state index contributed by atoms with van der Waals surface area (Å²) in [6, 6.07) is 11.6. The number of carbonyl (C=O) groups excluding carboxylic acids is 1. The molecule has 0 fully saturated rings. The maximum atomic E-state index is 13.5. The Bertz CT molecular complexity index is 771. The first-order valence-electron chi connectivity index (χ1n) is 8.66. The van der Waals surface area contributed by atoms with Crippen LogP contribution in [-0.4, -0.2) is 45.1 Å². The average Bonchev–Trinajstić information content (AvgIpc) is 2.62. The van der Waals surface area contributed by atoms with E-state index in [1.54, 1.807) is 31.4 Å². The molecule has 2 aromatic rings. The van der Waals surface area contributed by atoms with Crippen molar-refractivity contribution in [1.29, 1.82) is 0 Å². The number of benzene rings is 2. The maximum absolute atomic E-state index is 13.5. The van der Waals surface area contributed by atoms with E-state index >= 15 is 0 Å². The van der Waals surface area contributed by atoms with Gasteiger partial charge in [-0.2, -0.15) is 0 Å². The number of hydrogen-bond donors (Lipinski definition) is 2. The number of rotatable bonds is 9. The van der Waals surface area contributed by atoms with Gasteiger partial charge in [-0.3, -0.25) is 4.79 Å². The van der Waals surface area contributed by atoms with Crippen LogP contribution in [0.1, 0.15) is 18.0 Å². The number of amides is 1. The second kappa shape index (κ2) is 10.1. The zero-order chi connectivity index (χ0) is 19.8. The number of nitrogens with zero attached hydrogens (tertiary/aromatic N) is 1. The fourth-order valence-corrected chi connectivity index (χ4v) is 2.91. The van der Waals surface area contributed by atoms with Gasteiger partial charge in [0.1, 0.15) is 11.6 Å². The van der Waals surface area contributed by atoms with Crippen LogP contribution in [0.25, 0.3) is 0 Å². The molecular weight excluding hydrogens is 369 g/mol. The molecule has 0 aliphatic carbocycles. The number of methoxy groups -OCH3 is 1. The highest BCUT2D eigenvalue weighted by molar-refractivity contribution is 6.30. The SMILES string of the molecule is COc1ccc(Cl)cc1NCCC(=O)NCC(c1cccc(F)c1)N(C)C. The molecule has 2 aromatic carbocycles. The Morgan fingerprint density at radius 2 is 2.04 bits per heavy atom. The van der Waals surface area contributed by atoms with E-state index in [1.807, 2.05) is 25.1 Å². The number of halogens is 2. The van der Waals surface area contributed by atoms with Crippen LogP contribution in [0.3, 0.4) is 0 Å². The third kappa shape index (κ3) is 6.41. The van der Waals surface area contributed by atoms with Gasteiger partial charge in [0.05, 0.1) is 18.8 Å². The second-order valence-electron chi connectivity index (χ2n) is 6.36. The molecule has 1 amide bonds. The van der Waals surface area contributed by atoms with Crippen LogP contribution in [0.15, 0.2) is 42.5 Å². The molecule has 0 radical (unpaired) electrons. The molecule has 0 aliphatic heterocycles. The van der Waals surface area contributed by atoms with E-state index < -0.39 is 0 Å². The van der Waals surface area contributed by atoms with Gasteiger partial charge in [-0.1, -0.05) is 23.7 Å². The van der Waals surface area contributed by atoms with Crippen LogP contribution in [0, 0.1) is 5.82 Å². The van der Waals surface area contributed by atoms with E-state index in [0.29, 0.717) is 30.3 Å². The summed E-state index contributed by atoms with van der Waals surface area (Å²) in [7, 11) is 5.37. The van der Waals surface area contributed by atoms with Crippen molar-refractivity contribution < 1.29 is 13.9 Å². The molecule has 0 aliphatic rings. The van der Waals surface area contributed by atoms with Crippen molar-refractivity contribution in [3.63, 3.8) is 0 Å². The Kier molecular flexibility index (Phi) is 7.88. The molecule has 1 unspecified atom stereocenters. The predicted molar refractivity (Wildman–Crippen MR) is 107 cm³/mol. The minimum absolute atomic E-state index is 0.0910. The summed E-state index contributed by atoms with van der Waals surface area (Å²) in [4.78, 5) is 14.1. The molecule has 0 bridgehead atoms. The van der Waals surface area contributed by atoms with Gasteiger partial charge in [0.15, 0.2) is 0 Å². The van der Waals surface area contributed by atoms with Gasteiger partial charge in [0, 0.05) is 24.5 Å². The van der Waals surface area contributed by atoms with Crippen molar-refractivity contribution in [2.75, 3.05) is 39.6 Å². The Balaban J connectivity index is 1.85. The Hall–Kier alpha value is -2.31. The first-order valence-corrected chi connectivity index (χ1v) is 9.04. The van der Waals surface area contributed by atoms with Crippen molar-refractivity contribution in [2.24, 2.45) is 0 Å². The van der Waals surface area contributed by atoms with E-state index in [0.717, 1.165) is 11.3 Å². The maximum Gasteiger partial charge on any atom is 0.221 e. The van der Waals surface area contributed by atoms with Crippen LogP contribution in [0.2, 0.25) is 5.02 Å². The number of hydrogen-bond acceptors (Lipinski definition) is 4. The summed E-state index contributed by atoms with van der Waals surface area (Å²) in [5.74, 6) is 0.288. The van der Waals surface area contributed by atoms with Crippen molar-refractivity contribution in [3.8, 4) is 5.75 Å². The molecule has 0 saturated heterocycles. The fourth-order valence-electron chi connectivity index (χ4n) is 2.74. The minimum Gasteiger partial charge on any atom is -0.495 e. The van der Waals surface area contributed by atoms with Gasteiger partial charge in [0.2, 0.25) is 5.91 Å². The molecule has 7 heteroatoms. The third-order valence-corrected chi connectivity index (χ3v) is 4.41. The molecule has 0 saturated carbocycles. The van der Waals surface area contributed by atoms with Crippen molar-refractivity contribution >= 4 is 23.2 Å². The molecule has 0 heterocycles. The monoisotopic (exact) mass is 393 g/mol. The van der Waals surface area contributed by atoms with Gasteiger partial charge in [-0.05, 0) is 50.0 Å². The van der Waals surface area contributed by atoms with Crippen LogP contribution < -0.4 is 15.4 Å². The number of ether oxygens (including phenoxy) is 1. The Morgan fingerprint density at radius 3 is 2.70 bits per heavy atom. The van der Waals surface area contributed by atoms with Crippen LogP contribution in [-0.2, 0) is 4.79 Å². The third-order valence-electron chi connectivity index (χ3n) is 4.18. The molecular formula is C20H25ClFN3O2. The number of carbonyl (C=O) groups is 1. The average molecular weight is 394 g/mol. The van der Waals surface area contributed by atoms with E-state index in [2.05, 4.69) is 10.6 Å². The topological polar surface area (TPSA) is 53.6 Å². The summed E-state index contributed by atoms with van der Waals surface area (Å²) >= 11 is 5.99. The molecule has 27 heavy (non-hydrogen) atoms. The van der Waals surface area contributed by atoms with Crippen LogP contribution >= 0.6 is 11.6 Å². The molecule has 1 atom stereocenters. The fraction of sp³-hybridized carbons (Fsp3) is 0.350. The standard InChI is InChI=1S/C20H25ClFN3O2/c1-25(2)18(14-5-4-6-16(22)11-14)13-24-20(26)9-10-23-17-12-15(21)7-8-19(17)27-3/h4-8,11-12,18,23H,9-10,13H2,1-3H3,(H,24,26). The zero-order valence-electron chi connectivity index (χ0n) is 15.8. The Morgan fingerprint density at radius 1 is 1.26 bits per heavy atom. The van der Waals surface area contributed by atoms with E-state index in [1.165, 1.54) is 12.1 Å². The number of nitrogens with one attached hydrogen (secondary N) is 2. The lowest BCUT2D eigenvalue weighted by Crippen LogP contribution is -2.35. The predicted octanol–water partition coefficient (Wildman–Crippen LogP) is 3.71. The number of likely N-dealkylation sites (N-methyl/N-ethyl adjacent to an activating group) is 1. The Labute approximate surface area is 164 Å². The highest BCUT2D eigenvalue weighted by Crippen LogP contribution is 2.27. The summed E-state index contributed by atoms with van der Waals surface area (Å²) in [5.41, 5.74) is 1.56. The van der Waals surface area contributed by atoms with Crippen LogP contribution in [0.4, 0.5) is 10.1 Å². The molecule has 0 aromatic heterocycles. The summed E-state index contributed by atoms with van der Waals surface area (Å²) < 4.78 is 18.7. The zero-order valence-corrected chi connectivity index (χ0v) is 16.5. The lowest BCUT2D eigenvalue weighted by molar-refractivity contribution is -0.121. The summed E-state index contributed by atoms with van der Waals surface area (Å²) in [5, 5.41) is 6.65. The molecule has 0 spiro atoms. The van der Waals surface area contributed by atoms with Gasteiger partial charge >= 0.3 is 0 Å². The molecule has 2 rings (SSSR count). The second-order valence-corrected chi connectivity index (χ2v) is 6.80. The number of anilines is 1. The quantitative estimate of drug-likeness (QED) is 0.682. The van der Waals surface area contributed by atoms with E-state index in [9.17, 15) is 9.18 Å². The van der Waals surface area contributed by atoms with Crippen LogP contribution in [0.5, 0.6) is 5.75 Å². The van der Waals surface area contributed by atoms with Gasteiger partial charge < -0.3 is 20.3 Å². The van der Waals surface area contributed by atoms with E-state index in [-0.39, 0.29) is 17.8 Å². The minimum atomic E-state index is -0.287. The smallest absolute Gasteiger partial charge is 0.221 e. The lowest BCUT2D eigenvalue weighted by Gasteiger charge is -2.25. The highest BCUT2D eigenvalue weighted by Gasteiger charge is 2.16. The van der Waals surface area contributed by atoms with Gasteiger partial charge in [0.25, 0.3) is 0 Å². The van der Waals surface area contributed by atoms with E-state index in [4.69, 9.17) is 16.3 Å².